The fraction of sp³-hybridized carbons (Fsp3) is 0.0625. The van der Waals surface area contributed by atoms with Gasteiger partial charge in [0.05, 0.1) is 0 Å². The predicted octanol–water partition coefficient (Wildman–Crippen LogP) is 8.09. The molecule has 0 saturated carbocycles. The second kappa shape index (κ2) is 6.80. The molecule has 0 heterocycles. The highest BCUT2D eigenvalue weighted by Crippen LogP contribution is 2.49. The van der Waals surface area contributed by atoms with Crippen LogP contribution in [0.2, 0.25) is 0 Å². The van der Waals surface area contributed by atoms with Crippen LogP contribution in [-0.4, -0.2) is 0 Å². The molecule has 0 aliphatic heterocycles. The first kappa shape index (κ1) is 17.7. The monoisotopic (exact) mass is 406 g/mol. The molecule has 2 aliphatic rings. The van der Waals surface area contributed by atoms with Crippen molar-refractivity contribution >= 4 is 0 Å². The zero-order chi connectivity index (χ0) is 21.1. The van der Waals surface area contributed by atoms with Gasteiger partial charge in [-0.15, -0.1) is 0 Å². The first-order chi connectivity index (χ1) is 15.9. The van der Waals surface area contributed by atoms with Crippen LogP contribution in [0.5, 0.6) is 0 Å². The molecule has 32 heavy (non-hydrogen) atoms. The maximum Gasteiger partial charge on any atom is 0.0352 e. The fourth-order valence-electron chi connectivity index (χ4n) is 5.71. The van der Waals surface area contributed by atoms with Crippen LogP contribution >= 0.6 is 0 Å². The van der Waals surface area contributed by atoms with E-state index in [9.17, 15) is 0 Å². The molecule has 0 spiro atoms. The second-order valence-electron chi connectivity index (χ2n) is 8.94. The van der Waals surface area contributed by atoms with Gasteiger partial charge in [-0.25, -0.2) is 0 Å². The molecule has 150 valence electrons. The van der Waals surface area contributed by atoms with Crippen LogP contribution in [0.3, 0.4) is 0 Å². The van der Waals surface area contributed by atoms with E-state index in [1.807, 2.05) is 0 Å². The standard InChI is InChI=1S/C32H22/c1-2-8-21(9-3-1)32-29-13-7-6-12-28(29)31-20-23(15-17-30(31)32)22-14-16-27-25(18-22)19-24-10-4-5-11-26(24)27/h1-18,20,32H,19H2. The maximum atomic E-state index is 2.40. The molecule has 2 aliphatic carbocycles. The molecule has 0 N–H and O–H groups in total. The van der Waals surface area contributed by atoms with E-state index < -0.39 is 0 Å². The van der Waals surface area contributed by atoms with Gasteiger partial charge in [-0.3, -0.25) is 0 Å². The Balaban J connectivity index is 1.35. The minimum Gasteiger partial charge on any atom is -0.0622 e. The third kappa shape index (κ3) is 2.56. The van der Waals surface area contributed by atoms with Crippen molar-refractivity contribution in [3.63, 3.8) is 0 Å². The van der Waals surface area contributed by atoms with Crippen molar-refractivity contribution in [1.29, 1.82) is 0 Å². The molecule has 0 amide bonds. The van der Waals surface area contributed by atoms with Gasteiger partial charge in [-0.05, 0) is 73.7 Å². The molecule has 5 aromatic rings. The topological polar surface area (TPSA) is 0 Å². The van der Waals surface area contributed by atoms with Crippen LogP contribution in [0.25, 0.3) is 33.4 Å². The lowest BCUT2D eigenvalue weighted by Gasteiger charge is -2.14. The highest BCUT2D eigenvalue weighted by Gasteiger charge is 2.29. The molecule has 0 saturated heterocycles. The summed E-state index contributed by atoms with van der Waals surface area (Å²) in [6, 6.07) is 42.6. The lowest BCUT2D eigenvalue weighted by atomic mass is 9.89. The van der Waals surface area contributed by atoms with Crippen molar-refractivity contribution in [2.75, 3.05) is 0 Å². The Hall–Kier alpha value is -3.90. The Morgan fingerprint density at radius 2 is 1.09 bits per heavy atom. The van der Waals surface area contributed by atoms with E-state index in [4.69, 9.17) is 0 Å². The lowest BCUT2D eigenvalue weighted by molar-refractivity contribution is 1.02. The van der Waals surface area contributed by atoms with E-state index in [1.165, 1.54) is 61.2 Å². The van der Waals surface area contributed by atoms with Crippen molar-refractivity contribution in [3.05, 3.63) is 143 Å². The van der Waals surface area contributed by atoms with Crippen molar-refractivity contribution in [2.24, 2.45) is 0 Å². The van der Waals surface area contributed by atoms with Crippen molar-refractivity contribution < 1.29 is 0 Å². The van der Waals surface area contributed by atoms with Crippen LogP contribution in [-0.2, 0) is 6.42 Å². The van der Waals surface area contributed by atoms with Gasteiger partial charge < -0.3 is 0 Å². The SMILES string of the molecule is c1ccc(C2c3ccccc3-c3cc(-c4ccc5c(c4)Cc4ccccc4-5)ccc32)cc1. The Bertz CT molecular complexity index is 1490. The summed E-state index contributed by atoms with van der Waals surface area (Å²) in [6.45, 7) is 0. The van der Waals surface area contributed by atoms with E-state index in [2.05, 4.69) is 115 Å². The molecule has 7 rings (SSSR count). The van der Waals surface area contributed by atoms with Gasteiger partial charge in [0.25, 0.3) is 0 Å². The second-order valence-corrected chi connectivity index (χ2v) is 8.94. The quantitative estimate of drug-likeness (QED) is 0.272. The van der Waals surface area contributed by atoms with Gasteiger partial charge in [0.1, 0.15) is 0 Å². The summed E-state index contributed by atoms with van der Waals surface area (Å²) in [5, 5.41) is 0. The van der Waals surface area contributed by atoms with Crippen molar-refractivity contribution in [1.82, 2.24) is 0 Å². The highest BCUT2D eigenvalue weighted by molar-refractivity contribution is 5.86. The van der Waals surface area contributed by atoms with Crippen molar-refractivity contribution in [2.45, 2.75) is 12.3 Å². The molecule has 0 radical (unpaired) electrons. The summed E-state index contributed by atoms with van der Waals surface area (Å²) in [5.41, 5.74) is 15.2. The van der Waals surface area contributed by atoms with Gasteiger partial charge in [0, 0.05) is 5.92 Å². The molecule has 0 nitrogen and oxygen atoms in total. The molecule has 1 atom stereocenters. The summed E-state index contributed by atoms with van der Waals surface area (Å²) in [7, 11) is 0. The smallest absolute Gasteiger partial charge is 0.0352 e. The van der Waals surface area contributed by atoms with Crippen LogP contribution in [0.15, 0.2) is 115 Å². The molecule has 0 aromatic heterocycles. The Kier molecular flexibility index (Phi) is 3.77. The number of hydrogen-bond acceptors (Lipinski definition) is 0. The Labute approximate surface area is 188 Å². The minimum absolute atomic E-state index is 0.311. The maximum absolute atomic E-state index is 2.40. The van der Waals surface area contributed by atoms with Crippen LogP contribution < -0.4 is 0 Å². The van der Waals surface area contributed by atoms with E-state index in [0.717, 1.165) is 6.42 Å². The third-order valence-electron chi connectivity index (χ3n) is 7.19. The first-order valence-corrected chi connectivity index (χ1v) is 11.4. The summed E-state index contributed by atoms with van der Waals surface area (Å²) < 4.78 is 0. The molecular weight excluding hydrogens is 384 g/mol. The van der Waals surface area contributed by atoms with Gasteiger partial charge in [0.15, 0.2) is 0 Å². The number of fused-ring (bicyclic) bond motifs is 6. The molecule has 0 fully saturated rings. The molecule has 1 unspecified atom stereocenters. The van der Waals surface area contributed by atoms with Gasteiger partial charge >= 0.3 is 0 Å². The van der Waals surface area contributed by atoms with Crippen LogP contribution in [0.4, 0.5) is 0 Å². The number of hydrogen-bond donors (Lipinski definition) is 0. The molecular formula is C32H22. The summed E-state index contributed by atoms with van der Waals surface area (Å²) in [5.74, 6) is 0.311. The van der Waals surface area contributed by atoms with Crippen molar-refractivity contribution in [3.8, 4) is 33.4 Å². The van der Waals surface area contributed by atoms with Gasteiger partial charge in [-0.1, -0.05) is 109 Å². The number of rotatable bonds is 2. The van der Waals surface area contributed by atoms with Crippen LogP contribution in [0.1, 0.15) is 33.7 Å². The zero-order valence-corrected chi connectivity index (χ0v) is 17.8. The molecule has 0 bridgehead atoms. The van der Waals surface area contributed by atoms with E-state index >= 15 is 0 Å². The van der Waals surface area contributed by atoms with Gasteiger partial charge in [0.2, 0.25) is 0 Å². The fourth-order valence-corrected chi connectivity index (χ4v) is 5.71. The number of benzene rings is 5. The van der Waals surface area contributed by atoms with E-state index in [-0.39, 0.29) is 0 Å². The molecule has 0 heteroatoms. The third-order valence-corrected chi connectivity index (χ3v) is 7.19. The van der Waals surface area contributed by atoms with Crippen LogP contribution in [0, 0.1) is 0 Å². The van der Waals surface area contributed by atoms with E-state index in [0.29, 0.717) is 5.92 Å². The predicted molar refractivity (Wildman–Crippen MR) is 133 cm³/mol. The summed E-state index contributed by atoms with van der Waals surface area (Å²) in [4.78, 5) is 0. The largest absolute Gasteiger partial charge is 0.0622 e. The van der Waals surface area contributed by atoms with Gasteiger partial charge in [-0.2, -0.15) is 0 Å². The average molecular weight is 407 g/mol. The lowest BCUT2D eigenvalue weighted by Crippen LogP contribution is -1.98. The minimum atomic E-state index is 0.311. The van der Waals surface area contributed by atoms with E-state index in [1.54, 1.807) is 0 Å². The first-order valence-electron chi connectivity index (χ1n) is 11.4. The summed E-state index contributed by atoms with van der Waals surface area (Å²) in [6.07, 6.45) is 1.03. The summed E-state index contributed by atoms with van der Waals surface area (Å²) >= 11 is 0. The zero-order valence-electron chi connectivity index (χ0n) is 17.8. The Morgan fingerprint density at radius 1 is 0.438 bits per heavy atom. The molecule has 5 aromatic carbocycles. The highest BCUT2D eigenvalue weighted by atomic mass is 14.3. The Morgan fingerprint density at radius 3 is 2.00 bits per heavy atom. The average Bonchev–Trinajstić information content (AvgIpc) is 3.39. The normalized spacial score (nSPS) is 15.1.